The summed E-state index contributed by atoms with van der Waals surface area (Å²) >= 11 is 0. The maximum atomic E-state index is 12.1. The zero-order chi connectivity index (χ0) is 14.5. The molecule has 0 spiro atoms. The van der Waals surface area contributed by atoms with Crippen molar-refractivity contribution in [1.82, 2.24) is 10.3 Å². The van der Waals surface area contributed by atoms with E-state index >= 15 is 0 Å². The number of nitrogens with zero attached hydrogens (tertiary/aromatic N) is 1. The van der Waals surface area contributed by atoms with Crippen molar-refractivity contribution in [3.8, 4) is 0 Å². The van der Waals surface area contributed by atoms with Gasteiger partial charge in [0.05, 0.1) is 5.56 Å². The van der Waals surface area contributed by atoms with Crippen LogP contribution in [0.3, 0.4) is 0 Å². The second-order valence-electron chi connectivity index (χ2n) is 4.41. The molecule has 20 heavy (non-hydrogen) atoms. The number of carboxylic acid groups (broad SMARTS) is 1. The van der Waals surface area contributed by atoms with Gasteiger partial charge >= 0.3 is 5.97 Å². The number of carbonyl (C=O) groups is 2. The van der Waals surface area contributed by atoms with Gasteiger partial charge in [-0.1, -0.05) is 30.3 Å². The van der Waals surface area contributed by atoms with Gasteiger partial charge in [-0.2, -0.15) is 0 Å². The Morgan fingerprint density at radius 2 is 1.90 bits per heavy atom. The number of aromatic nitrogens is 1. The number of aliphatic carboxylic acids is 1. The highest BCUT2D eigenvalue weighted by molar-refractivity contribution is 5.96. The van der Waals surface area contributed by atoms with Gasteiger partial charge in [-0.25, -0.2) is 4.79 Å². The van der Waals surface area contributed by atoms with Crippen LogP contribution in [0.4, 0.5) is 0 Å². The Morgan fingerprint density at radius 3 is 2.50 bits per heavy atom. The first-order valence-electron chi connectivity index (χ1n) is 6.08. The van der Waals surface area contributed by atoms with E-state index in [0.717, 1.165) is 5.56 Å². The molecule has 0 unspecified atom stereocenters. The van der Waals surface area contributed by atoms with E-state index in [1.165, 1.54) is 6.20 Å². The van der Waals surface area contributed by atoms with Crippen LogP contribution in [0.1, 0.15) is 27.5 Å². The molecular weight excluding hydrogens is 256 g/mol. The van der Waals surface area contributed by atoms with Crippen molar-refractivity contribution in [2.24, 2.45) is 0 Å². The van der Waals surface area contributed by atoms with E-state index in [1.807, 2.05) is 6.92 Å². The summed E-state index contributed by atoms with van der Waals surface area (Å²) in [7, 11) is 0. The van der Waals surface area contributed by atoms with E-state index in [2.05, 4.69) is 10.3 Å². The van der Waals surface area contributed by atoms with Crippen molar-refractivity contribution in [3.05, 3.63) is 65.5 Å². The lowest BCUT2D eigenvalue weighted by molar-refractivity contribution is -0.139. The minimum Gasteiger partial charge on any atom is -0.479 e. The van der Waals surface area contributed by atoms with E-state index in [4.69, 9.17) is 0 Å². The first-order valence-corrected chi connectivity index (χ1v) is 6.08. The van der Waals surface area contributed by atoms with Crippen LogP contribution >= 0.6 is 0 Å². The van der Waals surface area contributed by atoms with Gasteiger partial charge in [0, 0.05) is 12.4 Å². The summed E-state index contributed by atoms with van der Waals surface area (Å²) in [6, 6.07) is 9.14. The molecule has 1 aromatic heterocycles. The molecule has 5 heteroatoms. The molecule has 1 aromatic carbocycles. The molecule has 1 heterocycles. The van der Waals surface area contributed by atoms with E-state index in [-0.39, 0.29) is 0 Å². The van der Waals surface area contributed by atoms with Crippen LogP contribution in [-0.4, -0.2) is 22.0 Å². The molecule has 2 aromatic rings. The van der Waals surface area contributed by atoms with Crippen molar-refractivity contribution in [2.75, 3.05) is 0 Å². The van der Waals surface area contributed by atoms with Gasteiger partial charge in [0.1, 0.15) is 0 Å². The van der Waals surface area contributed by atoms with Crippen LogP contribution in [0.5, 0.6) is 0 Å². The number of rotatable bonds is 4. The van der Waals surface area contributed by atoms with Gasteiger partial charge in [0.2, 0.25) is 0 Å². The monoisotopic (exact) mass is 270 g/mol. The topological polar surface area (TPSA) is 79.3 Å². The Kier molecular flexibility index (Phi) is 4.10. The molecule has 0 aliphatic rings. The van der Waals surface area contributed by atoms with Crippen LogP contribution in [-0.2, 0) is 4.79 Å². The van der Waals surface area contributed by atoms with Gasteiger partial charge in [-0.15, -0.1) is 0 Å². The van der Waals surface area contributed by atoms with Gasteiger partial charge in [0.15, 0.2) is 6.04 Å². The van der Waals surface area contributed by atoms with E-state index in [1.54, 1.807) is 42.6 Å². The molecule has 5 nitrogen and oxygen atoms in total. The lowest BCUT2D eigenvalue weighted by Crippen LogP contribution is -2.33. The average molecular weight is 270 g/mol. The predicted octanol–water partition coefficient (Wildman–Crippen LogP) is 1.95. The van der Waals surface area contributed by atoms with E-state index in [9.17, 15) is 14.7 Å². The van der Waals surface area contributed by atoms with Crippen molar-refractivity contribution in [1.29, 1.82) is 0 Å². The summed E-state index contributed by atoms with van der Waals surface area (Å²) in [5.41, 5.74) is 1.70. The first kappa shape index (κ1) is 13.7. The quantitative estimate of drug-likeness (QED) is 0.890. The summed E-state index contributed by atoms with van der Waals surface area (Å²) in [4.78, 5) is 27.3. The number of benzene rings is 1. The van der Waals surface area contributed by atoms with Gasteiger partial charge in [0.25, 0.3) is 5.91 Å². The smallest absolute Gasteiger partial charge is 0.330 e. The third kappa shape index (κ3) is 3.20. The second kappa shape index (κ2) is 5.97. The fourth-order valence-corrected chi connectivity index (χ4v) is 1.83. The predicted molar refractivity (Wildman–Crippen MR) is 73.3 cm³/mol. The molecule has 1 atom stereocenters. The highest BCUT2D eigenvalue weighted by Crippen LogP contribution is 2.14. The lowest BCUT2D eigenvalue weighted by atomic mass is 10.1. The SMILES string of the molecule is Cc1cncc(C(=O)N[C@H](C(=O)O)c2ccccc2)c1. The molecule has 0 fully saturated rings. The highest BCUT2D eigenvalue weighted by atomic mass is 16.4. The van der Waals surface area contributed by atoms with Crippen molar-refractivity contribution >= 4 is 11.9 Å². The number of pyridine rings is 1. The molecule has 0 aliphatic carbocycles. The summed E-state index contributed by atoms with van der Waals surface area (Å²) in [6.07, 6.45) is 3.04. The molecule has 0 bridgehead atoms. The minimum atomic E-state index is -1.11. The molecule has 0 saturated heterocycles. The molecule has 2 N–H and O–H groups in total. The Labute approximate surface area is 116 Å². The van der Waals surface area contributed by atoms with Crippen LogP contribution in [0.15, 0.2) is 48.8 Å². The molecular formula is C15H14N2O3. The van der Waals surface area contributed by atoms with Crippen LogP contribution in [0, 0.1) is 6.92 Å². The van der Waals surface area contributed by atoms with Crippen LogP contribution < -0.4 is 5.32 Å². The normalized spacial score (nSPS) is 11.7. The van der Waals surface area contributed by atoms with Crippen molar-refractivity contribution < 1.29 is 14.7 Å². The Morgan fingerprint density at radius 1 is 1.20 bits per heavy atom. The molecule has 102 valence electrons. The Bertz CT molecular complexity index is 626. The number of hydrogen-bond acceptors (Lipinski definition) is 3. The summed E-state index contributed by atoms with van der Waals surface area (Å²) < 4.78 is 0. The third-order valence-corrected chi connectivity index (χ3v) is 2.79. The Hall–Kier alpha value is -2.69. The molecule has 0 saturated carbocycles. The summed E-state index contributed by atoms with van der Waals surface area (Å²) in [5.74, 6) is -1.57. The number of carbonyl (C=O) groups excluding carboxylic acids is 1. The fourth-order valence-electron chi connectivity index (χ4n) is 1.83. The number of aryl methyl sites for hydroxylation is 1. The maximum Gasteiger partial charge on any atom is 0.330 e. The minimum absolute atomic E-state index is 0.340. The zero-order valence-electron chi connectivity index (χ0n) is 10.9. The van der Waals surface area contributed by atoms with Crippen LogP contribution in [0.2, 0.25) is 0 Å². The maximum absolute atomic E-state index is 12.1. The largest absolute Gasteiger partial charge is 0.479 e. The summed E-state index contributed by atoms with van der Waals surface area (Å²) in [6.45, 7) is 1.82. The molecule has 2 rings (SSSR count). The number of hydrogen-bond donors (Lipinski definition) is 2. The van der Waals surface area contributed by atoms with Gasteiger partial charge in [-0.3, -0.25) is 9.78 Å². The lowest BCUT2D eigenvalue weighted by Gasteiger charge is -2.14. The van der Waals surface area contributed by atoms with Crippen molar-refractivity contribution in [3.63, 3.8) is 0 Å². The standard InChI is InChI=1S/C15H14N2O3/c1-10-7-12(9-16-8-10)14(18)17-13(15(19)20)11-5-3-2-4-6-11/h2-9,13H,1H3,(H,17,18)(H,19,20)/t13-/m0/s1. The number of carboxylic acids is 1. The Balaban J connectivity index is 2.21. The van der Waals surface area contributed by atoms with Crippen molar-refractivity contribution in [2.45, 2.75) is 13.0 Å². The highest BCUT2D eigenvalue weighted by Gasteiger charge is 2.22. The number of amides is 1. The molecule has 0 aliphatic heterocycles. The first-order chi connectivity index (χ1) is 9.58. The molecule has 1 amide bonds. The average Bonchev–Trinajstić information content (AvgIpc) is 2.45. The van der Waals surface area contributed by atoms with Gasteiger partial charge < -0.3 is 10.4 Å². The third-order valence-electron chi connectivity index (χ3n) is 2.79. The molecule has 0 radical (unpaired) electrons. The second-order valence-corrected chi connectivity index (χ2v) is 4.41. The summed E-state index contributed by atoms with van der Waals surface area (Å²) in [5, 5.41) is 11.7. The fraction of sp³-hybridized carbons (Fsp3) is 0.133. The number of nitrogens with one attached hydrogen (secondary N) is 1. The van der Waals surface area contributed by atoms with E-state index in [0.29, 0.717) is 11.1 Å². The van der Waals surface area contributed by atoms with Gasteiger partial charge in [-0.05, 0) is 24.1 Å². The van der Waals surface area contributed by atoms with Crippen LogP contribution in [0.25, 0.3) is 0 Å². The zero-order valence-corrected chi connectivity index (χ0v) is 10.9. The van der Waals surface area contributed by atoms with E-state index < -0.39 is 17.9 Å².